The number of unbranched alkanes of at least 4 members (excludes halogenated alkanes) is 1. The number of hydrogen-bond acceptors (Lipinski definition) is 5. The Morgan fingerprint density at radius 2 is 2.00 bits per heavy atom. The molecule has 16 heavy (non-hydrogen) atoms. The lowest BCUT2D eigenvalue weighted by molar-refractivity contribution is 0.276. The molecular formula is C10H20N4O2. The number of aliphatic hydroxyl groups is 2. The molecule has 1 rings (SSSR count). The van der Waals surface area contributed by atoms with Crippen molar-refractivity contribution >= 4 is 0 Å². The zero-order valence-electron chi connectivity index (χ0n) is 9.47. The van der Waals surface area contributed by atoms with Crippen molar-refractivity contribution in [3.8, 4) is 0 Å². The van der Waals surface area contributed by atoms with Gasteiger partial charge in [0.2, 0.25) is 0 Å². The molecule has 0 aromatic carbocycles. The topological polar surface area (TPSA) is 83.2 Å². The molecule has 0 fully saturated rings. The Labute approximate surface area is 95.3 Å². The SMILES string of the molecule is OCCCCNCc1cn(CCCO)nn1. The van der Waals surface area contributed by atoms with E-state index in [1.165, 1.54) is 0 Å². The molecule has 1 heterocycles. The number of aryl methyl sites for hydroxylation is 1. The molecule has 92 valence electrons. The van der Waals surface area contributed by atoms with Crippen LogP contribution in [0.15, 0.2) is 6.20 Å². The van der Waals surface area contributed by atoms with Gasteiger partial charge in [0.05, 0.1) is 5.69 Å². The van der Waals surface area contributed by atoms with E-state index >= 15 is 0 Å². The minimum atomic E-state index is 0.175. The summed E-state index contributed by atoms with van der Waals surface area (Å²) >= 11 is 0. The second-order valence-corrected chi connectivity index (χ2v) is 3.66. The van der Waals surface area contributed by atoms with Crippen molar-refractivity contribution in [2.75, 3.05) is 19.8 Å². The van der Waals surface area contributed by atoms with Crippen molar-refractivity contribution in [3.63, 3.8) is 0 Å². The highest BCUT2D eigenvalue weighted by Gasteiger charge is 1.99. The quantitative estimate of drug-likeness (QED) is 0.497. The summed E-state index contributed by atoms with van der Waals surface area (Å²) in [5.74, 6) is 0. The summed E-state index contributed by atoms with van der Waals surface area (Å²) in [6, 6.07) is 0. The van der Waals surface area contributed by atoms with E-state index in [1.54, 1.807) is 4.68 Å². The van der Waals surface area contributed by atoms with Crippen LogP contribution in [0, 0.1) is 0 Å². The minimum Gasteiger partial charge on any atom is -0.396 e. The third-order valence-electron chi connectivity index (χ3n) is 2.20. The highest BCUT2D eigenvalue weighted by Crippen LogP contribution is 1.94. The van der Waals surface area contributed by atoms with Gasteiger partial charge in [0.25, 0.3) is 0 Å². The Morgan fingerprint density at radius 3 is 2.75 bits per heavy atom. The molecule has 3 N–H and O–H groups in total. The van der Waals surface area contributed by atoms with Crippen LogP contribution in [0.1, 0.15) is 25.0 Å². The summed E-state index contributed by atoms with van der Waals surface area (Å²) in [4.78, 5) is 0. The monoisotopic (exact) mass is 228 g/mol. The molecule has 1 aromatic heterocycles. The molecule has 0 bridgehead atoms. The summed E-state index contributed by atoms with van der Waals surface area (Å²) < 4.78 is 1.74. The minimum absolute atomic E-state index is 0.175. The Bertz CT molecular complexity index is 278. The number of aromatic nitrogens is 3. The van der Waals surface area contributed by atoms with Crippen LogP contribution in [0.25, 0.3) is 0 Å². The van der Waals surface area contributed by atoms with Crippen molar-refractivity contribution in [1.82, 2.24) is 20.3 Å². The van der Waals surface area contributed by atoms with Gasteiger partial charge in [0.15, 0.2) is 0 Å². The van der Waals surface area contributed by atoms with E-state index < -0.39 is 0 Å². The van der Waals surface area contributed by atoms with Gasteiger partial charge in [-0.25, -0.2) is 0 Å². The van der Waals surface area contributed by atoms with Crippen LogP contribution in [0.2, 0.25) is 0 Å². The van der Waals surface area contributed by atoms with E-state index in [0.29, 0.717) is 19.5 Å². The highest BCUT2D eigenvalue weighted by atomic mass is 16.3. The van der Waals surface area contributed by atoms with E-state index in [4.69, 9.17) is 10.2 Å². The molecule has 0 aliphatic carbocycles. The van der Waals surface area contributed by atoms with Gasteiger partial charge in [-0.1, -0.05) is 5.21 Å². The Kier molecular flexibility index (Phi) is 6.71. The number of nitrogens with zero attached hydrogens (tertiary/aromatic N) is 3. The van der Waals surface area contributed by atoms with Gasteiger partial charge >= 0.3 is 0 Å². The third kappa shape index (κ3) is 5.20. The molecule has 6 nitrogen and oxygen atoms in total. The molecule has 0 amide bonds. The van der Waals surface area contributed by atoms with Crippen LogP contribution >= 0.6 is 0 Å². The van der Waals surface area contributed by atoms with Gasteiger partial charge in [0, 0.05) is 32.5 Å². The van der Waals surface area contributed by atoms with Crippen molar-refractivity contribution < 1.29 is 10.2 Å². The zero-order chi connectivity index (χ0) is 11.6. The van der Waals surface area contributed by atoms with Gasteiger partial charge in [-0.05, 0) is 25.8 Å². The lowest BCUT2D eigenvalue weighted by atomic mass is 10.3. The van der Waals surface area contributed by atoms with Crippen molar-refractivity contribution in [2.24, 2.45) is 0 Å². The summed E-state index contributed by atoms with van der Waals surface area (Å²) in [6.07, 6.45) is 4.38. The second-order valence-electron chi connectivity index (χ2n) is 3.66. The van der Waals surface area contributed by atoms with Crippen molar-refractivity contribution in [1.29, 1.82) is 0 Å². The average Bonchev–Trinajstić information content (AvgIpc) is 2.74. The van der Waals surface area contributed by atoms with E-state index in [0.717, 1.165) is 25.1 Å². The first-order valence-corrected chi connectivity index (χ1v) is 5.68. The van der Waals surface area contributed by atoms with Crippen molar-refractivity contribution in [3.05, 3.63) is 11.9 Å². The number of nitrogens with one attached hydrogen (secondary N) is 1. The molecule has 0 spiro atoms. The molecular weight excluding hydrogens is 208 g/mol. The lowest BCUT2D eigenvalue weighted by Crippen LogP contribution is -2.15. The van der Waals surface area contributed by atoms with Crippen LogP contribution in [0.5, 0.6) is 0 Å². The van der Waals surface area contributed by atoms with Crippen LogP contribution in [-0.2, 0) is 13.1 Å². The molecule has 0 atom stereocenters. The fourth-order valence-corrected chi connectivity index (χ4v) is 1.34. The standard InChI is InChI=1S/C10H20N4O2/c15-6-2-1-4-11-8-10-9-14(13-12-10)5-3-7-16/h9,11,15-16H,1-8H2. The van der Waals surface area contributed by atoms with E-state index in [2.05, 4.69) is 15.6 Å². The number of hydrogen-bond donors (Lipinski definition) is 3. The second kappa shape index (κ2) is 8.20. The fourth-order valence-electron chi connectivity index (χ4n) is 1.34. The van der Waals surface area contributed by atoms with Gasteiger partial charge in [-0.2, -0.15) is 0 Å². The van der Waals surface area contributed by atoms with Crippen molar-refractivity contribution in [2.45, 2.75) is 32.4 Å². The normalized spacial score (nSPS) is 10.9. The summed E-state index contributed by atoms with van der Waals surface area (Å²) in [5, 5.41) is 28.4. The largest absolute Gasteiger partial charge is 0.396 e. The fraction of sp³-hybridized carbons (Fsp3) is 0.800. The highest BCUT2D eigenvalue weighted by molar-refractivity contribution is 4.91. The summed E-state index contributed by atoms with van der Waals surface area (Å²) in [5.41, 5.74) is 0.905. The maximum absolute atomic E-state index is 8.66. The lowest BCUT2D eigenvalue weighted by Gasteiger charge is -2.00. The van der Waals surface area contributed by atoms with Crippen LogP contribution in [-0.4, -0.2) is 45.0 Å². The average molecular weight is 228 g/mol. The van der Waals surface area contributed by atoms with E-state index in [-0.39, 0.29) is 13.2 Å². The Morgan fingerprint density at radius 1 is 1.19 bits per heavy atom. The zero-order valence-corrected chi connectivity index (χ0v) is 9.47. The van der Waals surface area contributed by atoms with Gasteiger partial charge < -0.3 is 15.5 Å². The maximum Gasteiger partial charge on any atom is 0.0964 e. The molecule has 0 saturated heterocycles. The summed E-state index contributed by atoms with van der Waals surface area (Å²) in [6.45, 7) is 2.70. The molecule has 0 saturated carbocycles. The van der Waals surface area contributed by atoms with E-state index in [9.17, 15) is 0 Å². The van der Waals surface area contributed by atoms with Crippen LogP contribution in [0.4, 0.5) is 0 Å². The van der Waals surface area contributed by atoms with Gasteiger partial charge in [0.1, 0.15) is 0 Å². The molecule has 1 aromatic rings. The van der Waals surface area contributed by atoms with Gasteiger partial charge in [-0.3, -0.25) is 4.68 Å². The van der Waals surface area contributed by atoms with Gasteiger partial charge in [-0.15, -0.1) is 5.10 Å². The predicted octanol–water partition coefficient (Wildman–Crippen LogP) is -0.477. The molecule has 0 aliphatic rings. The maximum atomic E-state index is 8.66. The first kappa shape index (κ1) is 13.1. The molecule has 6 heteroatoms. The summed E-state index contributed by atoms with van der Waals surface area (Å²) in [7, 11) is 0. The Balaban J connectivity index is 2.14. The molecule has 0 aliphatic heterocycles. The molecule has 0 unspecified atom stereocenters. The van der Waals surface area contributed by atoms with Crippen LogP contribution < -0.4 is 5.32 Å². The first-order valence-electron chi connectivity index (χ1n) is 5.68. The Hall–Kier alpha value is -0.980. The van der Waals surface area contributed by atoms with Crippen LogP contribution in [0.3, 0.4) is 0 Å². The smallest absolute Gasteiger partial charge is 0.0964 e. The predicted molar refractivity (Wildman–Crippen MR) is 59.8 cm³/mol. The molecule has 0 radical (unpaired) electrons. The number of rotatable bonds is 9. The first-order chi connectivity index (χ1) is 7.86. The third-order valence-corrected chi connectivity index (χ3v) is 2.20. The van der Waals surface area contributed by atoms with E-state index in [1.807, 2.05) is 6.20 Å². The number of aliphatic hydroxyl groups excluding tert-OH is 2.